The average molecular weight is 321 g/mol. The van der Waals surface area contributed by atoms with Gasteiger partial charge in [0.05, 0.1) is 25.5 Å². The summed E-state index contributed by atoms with van der Waals surface area (Å²) in [5.41, 5.74) is 2.05. The number of amides is 1. The number of piperidine rings is 1. The molecule has 0 spiro atoms. The van der Waals surface area contributed by atoms with E-state index >= 15 is 0 Å². The van der Waals surface area contributed by atoms with E-state index in [0.717, 1.165) is 43.0 Å². The zero-order valence-electron chi connectivity index (χ0n) is 14.4. The highest BCUT2D eigenvalue weighted by Crippen LogP contribution is 2.28. The predicted octanol–water partition coefficient (Wildman–Crippen LogP) is 2.06. The fourth-order valence-electron chi connectivity index (χ4n) is 2.95. The van der Waals surface area contributed by atoms with Gasteiger partial charge in [0.25, 0.3) is 0 Å². The highest BCUT2D eigenvalue weighted by molar-refractivity contribution is 5.76. The van der Waals surface area contributed by atoms with Gasteiger partial charge in [-0.15, -0.1) is 0 Å². The molecule has 2 rings (SSSR count). The van der Waals surface area contributed by atoms with Crippen molar-refractivity contribution in [2.24, 2.45) is 0 Å². The minimum atomic E-state index is 0.221. The minimum Gasteiger partial charge on any atom is -0.382 e. The second kappa shape index (κ2) is 8.93. The first-order valence-corrected chi connectivity index (χ1v) is 8.32. The lowest BCUT2D eigenvalue weighted by Crippen LogP contribution is -2.39. The highest BCUT2D eigenvalue weighted by atomic mass is 16.5. The Labute approximate surface area is 138 Å². The van der Waals surface area contributed by atoms with Crippen molar-refractivity contribution in [2.75, 3.05) is 33.4 Å². The van der Waals surface area contributed by atoms with E-state index in [4.69, 9.17) is 9.47 Å². The van der Waals surface area contributed by atoms with Crippen LogP contribution < -0.4 is 0 Å². The van der Waals surface area contributed by atoms with E-state index in [1.165, 1.54) is 0 Å². The molecular formula is C17H27N3O3. The summed E-state index contributed by atoms with van der Waals surface area (Å²) in [6.45, 7) is 7.02. The number of nitrogens with zero attached hydrogens (tertiary/aromatic N) is 3. The van der Waals surface area contributed by atoms with Gasteiger partial charge in [0.15, 0.2) is 0 Å². The Morgan fingerprint density at radius 2 is 2.26 bits per heavy atom. The average Bonchev–Trinajstić information content (AvgIpc) is 2.59. The van der Waals surface area contributed by atoms with Crippen molar-refractivity contribution >= 4 is 5.91 Å². The largest absolute Gasteiger partial charge is 0.382 e. The van der Waals surface area contributed by atoms with Crippen LogP contribution in [-0.4, -0.2) is 54.2 Å². The van der Waals surface area contributed by atoms with Crippen molar-refractivity contribution in [1.29, 1.82) is 0 Å². The molecule has 1 aromatic heterocycles. The number of ether oxygens (including phenoxy) is 2. The van der Waals surface area contributed by atoms with E-state index in [1.807, 2.05) is 24.9 Å². The number of methoxy groups -OCH3 is 1. The quantitative estimate of drug-likeness (QED) is 0.719. The van der Waals surface area contributed by atoms with Gasteiger partial charge in [-0.25, -0.2) is 9.97 Å². The monoisotopic (exact) mass is 321 g/mol. The summed E-state index contributed by atoms with van der Waals surface area (Å²) in [7, 11) is 1.66. The zero-order chi connectivity index (χ0) is 16.7. The van der Waals surface area contributed by atoms with E-state index in [1.54, 1.807) is 7.11 Å². The van der Waals surface area contributed by atoms with Gasteiger partial charge >= 0.3 is 0 Å². The fourth-order valence-corrected chi connectivity index (χ4v) is 2.95. The molecule has 6 heteroatoms. The van der Waals surface area contributed by atoms with E-state index in [2.05, 4.69) is 9.97 Å². The maximum Gasteiger partial charge on any atom is 0.222 e. The second-order valence-electron chi connectivity index (χ2n) is 5.91. The first kappa shape index (κ1) is 17.8. The highest BCUT2D eigenvalue weighted by Gasteiger charge is 2.26. The van der Waals surface area contributed by atoms with Crippen LogP contribution >= 0.6 is 0 Å². The van der Waals surface area contributed by atoms with Gasteiger partial charge < -0.3 is 14.4 Å². The third-order valence-electron chi connectivity index (χ3n) is 4.17. The molecule has 2 heterocycles. The van der Waals surface area contributed by atoms with E-state index in [9.17, 15) is 4.79 Å². The van der Waals surface area contributed by atoms with Crippen molar-refractivity contribution in [3.63, 3.8) is 0 Å². The van der Waals surface area contributed by atoms with Gasteiger partial charge in [-0.1, -0.05) is 6.92 Å². The number of carbonyl (C=O) groups is 1. The molecule has 0 saturated carbocycles. The van der Waals surface area contributed by atoms with Crippen molar-refractivity contribution in [2.45, 2.75) is 45.6 Å². The van der Waals surface area contributed by atoms with Gasteiger partial charge in [0.2, 0.25) is 5.91 Å². The van der Waals surface area contributed by atoms with Crippen molar-refractivity contribution < 1.29 is 14.3 Å². The molecule has 1 aromatic rings. The summed E-state index contributed by atoms with van der Waals surface area (Å²) >= 11 is 0. The van der Waals surface area contributed by atoms with E-state index < -0.39 is 0 Å². The van der Waals surface area contributed by atoms with Crippen LogP contribution in [0.4, 0.5) is 0 Å². The van der Waals surface area contributed by atoms with Gasteiger partial charge in [0, 0.05) is 44.3 Å². The Bertz CT molecular complexity index is 522. The molecule has 1 atom stereocenters. The SMILES string of the molecule is CCC(=O)N1CCCC(c2nc(C)ncc2COCCOC)C1. The Kier molecular flexibility index (Phi) is 6.92. The molecule has 23 heavy (non-hydrogen) atoms. The van der Waals surface area contributed by atoms with E-state index in [-0.39, 0.29) is 11.8 Å². The number of aromatic nitrogens is 2. The summed E-state index contributed by atoms with van der Waals surface area (Å²) in [6, 6.07) is 0. The summed E-state index contributed by atoms with van der Waals surface area (Å²) in [5.74, 6) is 1.25. The summed E-state index contributed by atoms with van der Waals surface area (Å²) in [5, 5.41) is 0. The van der Waals surface area contributed by atoms with Crippen molar-refractivity contribution in [3.8, 4) is 0 Å². The van der Waals surface area contributed by atoms with Gasteiger partial charge in [0.1, 0.15) is 5.82 Å². The smallest absolute Gasteiger partial charge is 0.222 e. The molecule has 1 aliphatic heterocycles. The molecule has 0 aliphatic carbocycles. The lowest BCUT2D eigenvalue weighted by Gasteiger charge is -2.33. The van der Waals surface area contributed by atoms with Crippen LogP contribution in [0.25, 0.3) is 0 Å². The summed E-state index contributed by atoms with van der Waals surface area (Å²) < 4.78 is 10.6. The number of hydrogen-bond donors (Lipinski definition) is 0. The van der Waals surface area contributed by atoms with Crippen LogP contribution in [-0.2, 0) is 20.9 Å². The Morgan fingerprint density at radius 1 is 1.43 bits per heavy atom. The first-order chi connectivity index (χ1) is 11.2. The molecule has 6 nitrogen and oxygen atoms in total. The molecule has 128 valence electrons. The molecule has 1 amide bonds. The summed E-state index contributed by atoms with van der Waals surface area (Å²) in [4.78, 5) is 22.9. The van der Waals surface area contributed by atoms with Crippen molar-refractivity contribution in [1.82, 2.24) is 14.9 Å². The third kappa shape index (κ3) is 4.97. The standard InChI is InChI=1S/C17H27N3O3/c1-4-16(21)20-7-5-6-14(11-20)17-15(10-18-13(2)19-17)12-23-9-8-22-3/h10,14H,4-9,11-12H2,1-3H3. The third-order valence-corrected chi connectivity index (χ3v) is 4.17. The van der Waals surface area contributed by atoms with Crippen LogP contribution in [0.15, 0.2) is 6.20 Å². The number of hydrogen-bond acceptors (Lipinski definition) is 5. The Hall–Kier alpha value is -1.53. The fraction of sp³-hybridized carbons (Fsp3) is 0.706. The lowest BCUT2D eigenvalue weighted by atomic mass is 9.92. The van der Waals surface area contributed by atoms with Crippen molar-refractivity contribution in [3.05, 3.63) is 23.3 Å². The zero-order valence-corrected chi connectivity index (χ0v) is 14.4. The minimum absolute atomic E-state index is 0.221. The number of aryl methyl sites for hydroxylation is 1. The maximum atomic E-state index is 12.0. The van der Waals surface area contributed by atoms with Crippen LogP contribution in [0, 0.1) is 6.92 Å². The van der Waals surface area contributed by atoms with Crippen LogP contribution in [0.2, 0.25) is 0 Å². The summed E-state index contributed by atoms with van der Waals surface area (Å²) in [6.07, 6.45) is 4.48. The molecule has 1 unspecified atom stereocenters. The van der Waals surface area contributed by atoms with E-state index in [0.29, 0.717) is 26.2 Å². The Balaban J connectivity index is 2.10. The molecular weight excluding hydrogens is 294 g/mol. The number of rotatable bonds is 7. The van der Waals surface area contributed by atoms with Crippen LogP contribution in [0.1, 0.15) is 49.2 Å². The second-order valence-corrected chi connectivity index (χ2v) is 5.91. The number of likely N-dealkylation sites (tertiary alicyclic amines) is 1. The topological polar surface area (TPSA) is 64.6 Å². The van der Waals surface area contributed by atoms with Gasteiger partial charge in [-0.05, 0) is 19.8 Å². The molecule has 0 N–H and O–H groups in total. The molecule has 0 bridgehead atoms. The Morgan fingerprint density at radius 3 is 3.00 bits per heavy atom. The molecule has 1 fully saturated rings. The maximum absolute atomic E-state index is 12.0. The van der Waals surface area contributed by atoms with Crippen LogP contribution in [0.3, 0.4) is 0 Å². The number of carbonyl (C=O) groups excluding carboxylic acids is 1. The van der Waals surface area contributed by atoms with Crippen LogP contribution in [0.5, 0.6) is 0 Å². The molecule has 1 aliphatic rings. The molecule has 0 aromatic carbocycles. The predicted molar refractivity (Wildman–Crippen MR) is 87.1 cm³/mol. The molecule has 1 saturated heterocycles. The normalized spacial score (nSPS) is 18.2. The van der Waals surface area contributed by atoms with Gasteiger partial charge in [-0.3, -0.25) is 4.79 Å². The lowest BCUT2D eigenvalue weighted by molar-refractivity contribution is -0.132. The first-order valence-electron chi connectivity index (χ1n) is 8.32. The molecule has 0 radical (unpaired) electrons. The van der Waals surface area contributed by atoms with Gasteiger partial charge in [-0.2, -0.15) is 0 Å².